The van der Waals surface area contributed by atoms with Crippen molar-refractivity contribution in [2.75, 3.05) is 69.6 Å². The zero-order chi connectivity index (χ0) is 51.5. The van der Waals surface area contributed by atoms with E-state index in [0.29, 0.717) is 55.4 Å². The highest BCUT2D eigenvalue weighted by molar-refractivity contribution is 6.24. The number of phenols is 2. The maximum absolute atomic E-state index is 16.6. The number of fused-ring (bicyclic) bond motifs is 1. The van der Waals surface area contributed by atoms with Gasteiger partial charge in [0.2, 0.25) is 11.8 Å². The molecule has 1 atom stereocenters. The molecule has 3 fully saturated rings. The smallest absolute Gasteiger partial charge is 0.265 e. The summed E-state index contributed by atoms with van der Waals surface area (Å²) in [5.41, 5.74) is -0.654. The number of imide groups is 2. The SMILES string of the molecule is [2H]C1([2H])N(CC2CCN(CCOc3ccc(C(=C(CCCl)c4ccc(O)cc4)c4ccc(O)cc4)cc3)CC2)C([2H])([2H])C([2H])([2H])N(c2c(F)c(F)c3c(c2F)C(=O)N(C2CCC(=O)NC2=O)C3=O)C1([2H])[2H]. The van der Waals surface area contributed by atoms with E-state index in [0.717, 1.165) is 27.8 Å². The van der Waals surface area contributed by atoms with Gasteiger partial charge >= 0.3 is 0 Å². The molecule has 8 rings (SSSR count). The second-order valence-corrected chi connectivity index (χ2v) is 15.8. The minimum Gasteiger partial charge on any atom is -0.508 e. The number of halogens is 4. The highest BCUT2D eigenvalue weighted by Crippen LogP contribution is 2.39. The molecule has 0 radical (unpaired) electrons. The van der Waals surface area contributed by atoms with Crippen molar-refractivity contribution in [2.24, 2.45) is 5.92 Å². The van der Waals surface area contributed by atoms with Gasteiger partial charge < -0.3 is 19.8 Å². The molecule has 330 valence electrons. The Morgan fingerprint density at radius 3 is 1.90 bits per heavy atom. The number of nitrogens with one attached hydrogen (secondary N) is 1. The Bertz CT molecular complexity index is 2770. The van der Waals surface area contributed by atoms with Gasteiger partial charge in [0.15, 0.2) is 17.5 Å². The van der Waals surface area contributed by atoms with Gasteiger partial charge in [0.25, 0.3) is 11.8 Å². The van der Waals surface area contributed by atoms with Gasteiger partial charge in [-0.1, -0.05) is 36.4 Å². The molecule has 0 aliphatic carbocycles. The molecule has 3 N–H and O–H groups in total. The summed E-state index contributed by atoms with van der Waals surface area (Å²) < 4.78 is 126. The Balaban J connectivity index is 0.942. The van der Waals surface area contributed by atoms with Crippen molar-refractivity contribution >= 4 is 52.1 Å². The number of alkyl halides is 1. The molecule has 0 bridgehead atoms. The number of rotatable bonds is 13. The van der Waals surface area contributed by atoms with Crippen LogP contribution in [0.2, 0.25) is 0 Å². The standard InChI is InChI=1S/C47H47ClF3N5O7/c48-18-15-35(29-1-7-32(57)8-2-29)38(30-3-9-33(58)10-4-30)31-5-11-34(12-6-31)63-26-25-53-19-16-28(17-20-53)27-54-21-23-55(24-22-54)44-42(50)40-39(41(49)43(44)51)46(61)56(47(40)62)36-13-14-37(59)52-45(36)60/h1-12,28,36,57-58H,13-27H2,(H,52,59,60)/i21D2,22D2,23D2,24D2. The topological polar surface area (TPSA) is 143 Å². The molecule has 3 saturated heterocycles. The van der Waals surface area contributed by atoms with Crippen LogP contribution in [0.4, 0.5) is 18.9 Å². The van der Waals surface area contributed by atoms with Crippen molar-refractivity contribution in [3.8, 4) is 17.2 Å². The molecule has 0 aromatic heterocycles. The molecule has 4 aliphatic heterocycles. The van der Waals surface area contributed by atoms with Gasteiger partial charge in [-0.05, 0) is 109 Å². The Hall–Kier alpha value is -5.90. The van der Waals surface area contributed by atoms with E-state index in [1.807, 2.05) is 46.6 Å². The number of carbonyl (C=O) groups is 4. The van der Waals surface area contributed by atoms with Gasteiger partial charge in [-0.15, -0.1) is 11.6 Å². The molecule has 0 spiro atoms. The summed E-state index contributed by atoms with van der Waals surface area (Å²) in [6.07, 6.45) is 0.332. The number of allylic oxidation sites excluding steroid dienone is 1. The van der Waals surface area contributed by atoms with E-state index in [4.69, 9.17) is 27.3 Å². The van der Waals surface area contributed by atoms with Crippen LogP contribution in [0.15, 0.2) is 72.8 Å². The molecule has 4 aromatic rings. The van der Waals surface area contributed by atoms with Gasteiger partial charge in [0.05, 0.1) is 16.6 Å². The van der Waals surface area contributed by atoms with Gasteiger partial charge in [-0.3, -0.25) is 39.2 Å². The predicted octanol–water partition coefficient (Wildman–Crippen LogP) is 6.42. The molecule has 1 unspecified atom stereocenters. The molecule has 4 aliphatic rings. The second kappa shape index (κ2) is 18.8. The van der Waals surface area contributed by atoms with E-state index in [-0.39, 0.29) is 29.4 Å². The van der Waals surface area contributed by atoms with Gasteiger partial charge in [0, 0.05) is 56.9 Å². The van der Waals surface area contributed by atoms with Crippen molar-refractivity contribution in [2.45, 2.75) is 38.1 Å². The highest BCUT2D eigenvalue weighted by atomic mass is 35.5. The summed E-state index contributed by atoms with van der Waals surface area (Å²) in [5.74, 6) is -11.5. The Morgan fingerprint density at radius 2 is 1.32 bits per heavy atom. The van der Waals surface area contributed by atoms with Crippen LogP contribution in [-0.2, 0) is 9.59 Å². The van der Waals surface area contributed by atoms with Gasteiger partial charge in [0.1, 0.15) is 35.6 Å². The molecule has 4 heterocycles. The largest absolute Gasteiger partial charge is 0.508 e. The third kappa shape index (κ3) is 9.13. The van der Waals surface area contributed by atoms with Crippen LogP contribution >= 0.6 is 11.6 Å². The number of nitrogens with zero attached hydrogens (tertiary/aromatic N) is 4. The lowest BCUT2D eigenvalue weighted by atomic mass is 9.88. The number of phenolic OH excluding ortho intramolecular Hbond substituents is 2. The number of aromatic hydroxyl groups is 2. The first-order valence-electron chi connectivity index (χ1n) is 24.3. The van der Waals surface area contributed by atoms with E-state index in [9.17, 15) is 29.4 Å². The van der Waals surface area contributed by atoms with Gasteiger partial charge in [-0.2, -0.15) is 0 Å². The van der Waals surface area contributed by atoms with Crippen LogP contribution < -0.4 is 15.0 Å². The number of benzene rings is 4. The Labute approximate surface area is 378 Å². The number of piperidine rings is 2. The molecule has 12 nitrogen and oxygen atoms in total. The fourth-order valence-corrected chi connectivity index (χ4v) is 8.43. The molecular formula is C47H47ClF3N5O7. The fourth-order valence-electron chi connectivity index (χ4n) is 8.25. The van der Waals surface area contributed by atoms with E-state index in [1.165, 1.54) is 0 Å². The summed E-state index contributed by atoms with van der Waals surface area (Å²) in [5, 5.41) is 21.8. The zero-order valence-electron chi connectivity index (χ0n) is 41.6. The summed E-state index contributed by atoms with van der Waals surface area (Å²) in [6, 6.07) is 19.3. The first kappa shape index (κ1) is 34.6. The van der Waals surface area contributed by atoms with Crippen molar-refractivity contribution in [3.63, 3.8) is 0 Å². The summed E-state index contributed by atoms with van der Waals surface area (Å²) in [4.78, 5) is 53.0. The average molecular weight is 894 g/mol. The predicted molar refractivity (Wildman–Crippen MR) is 230 cm³/mol. The number of hydrogen-bond donors (Lipinski definition) is 3. The first-order valence-corrected chi connectivity index (χ1v) is 20.8. The Kier molecular flexibility index (Phi) is 10.3. The number of amides is 4. The number of anilines is 1. The maximum atomic E-state index is 16.6. The normalized spacial score (nSPS) is 24.4. The maximum Gasteiger partial charge on any atom is 0.265 e. The van der Waals surface area contributed by atoms with Crippen LogP contribution in [0.3, 0.4) is 0 Å². The molecule has 16 heteroatoms. The monoisotopic (exact) mass is 893 g/mol. The molecular weight excluding hydrogens is 839 g/mol. The van der Waals surface area contributed by atoms with Crippen LogP contribution in [0.5, 0.6) is 17.2 Å². The fraction of sp³-hybridized carbons (Fsp3) is 0.362. The molecule has 4 amide bonds. The minimum absolute atomic E-state index is 0.106. The van der Waals surface area contributed by atoms with E-state index in [2.05, 4.69) is 0 Å². The third-order valence-corrected chi connectivity index (χ3v) is 11.7. The van der Waals surface area contributed by atoms with Crippen LogP contribution in [0, 0.1) is 23.4 Å². The number of likely N-dealkylation sites (tertiary alicyclic amines) is 1. The van der Waals surface area contributed by atoms with Gasteiger partial charge in [-0.25, -0.2) is 13.2 Å². The lowest BCUT2D eigenvalue weighted by Crippen LogP contribution is -2.54. The van der Waals surface area contributed by atoms with Crippen molar-refractivity contribution in [1.29, 1.82) is 0 Å². The minimum atomic E-state index is -3.89. The first-order chi connectivity index (χ1) is 33.4. The van der Waals surface area contributed by atoms with Crippen LogP contribution in [-0.4, -0.2) is 119 Å². The summed E-state index contributed by atoms with van der Waals surface area (Å²) in [7, 11) is 0. The quantitative estimate of drug-likeness (QED) is 0.0596. The zero-order valence-corrected chi connectivity index (χ0v) is 34.4. The Morgan fingerprint density at radius 1 is 0.746 bits per heavy atom. The molecule has 4 aromatic carbocycles. The summed E-state index contributed by atoms with van der Waals surface area (Å²) in [6.45, 7) is -14.0. The number of piperazine rings is 1. The van der Waals surface area contributed by atoms with E-state index >= 15 is 13.2 Å². The van der Waals surface area contributed by atoms with Crippen LogP contribution in [0.25, 0.3) is 11.1 Å². The highest BCUT2D eigenvalue weighted by Gasteiger charge is 2.49. The lowest BCUT2D eigenvalue weighted by molar-refractivity contribution is -0.136. The second-order valence-electron chi connectivity index (χ2n) is 15.4. The third-order valence-electron chi connectivity index (χ3n) is 11.5. The molecule has 63 heavy (non-hydrogen) atoms. The number of ether oxygens (including phenoxy) is 1. The van der Waals surface area contributed by atoms with Crippen molar-refractivity contribution in [3.05, 3.63) is 118 Å². The number of carbonyl (C=O) groups excluding carboxylic acids is 4. The molecule has 0 saturated carbocycles. The number of hydrogen-bond acceptors (Lipinski definition) is 10. The van der Waals surface area contributed by atoms with Crippen molar-refractivity contribution in [1.82, 2.24) is 20.0 Å². The summed E-state index contributed by atoms with van der Waals surface area (Å²) >= 11 is 6.28. The van der Waals surface area contributed by atoms with Crippen molar-refractivity contribution < 1.29 is 58.3 Å². The average Bonchev–Trinajstić information content (AvgIpc) is 3.58. The van der Waals surface area contributed by atoms with E-state index < -0.39 is 114 Å². The lowest BCUT2D eigenvalue weighted by Gasteiger charge is -2.39. The van der Waals surface area contributed by atoms with Crippen LogP contribution in [0.1, 0.15) is 80.5 Å². The van der Waals surface area contributed by atoms with E-state index in [1.54, 1.807) is 36.4 Å².